The van der Waals surface area contributed by atoms with Gasteiger partial charge >= 0.3 is 0 Å². The van der Waals surface area contributed by atoms with Crippen LogP contribution >= 0.6 is 23.1 Å². The van der Waals surface area contributed by atoms with Crippen LogP contribution in [0.25, 0.3) is 15.9 Å². The average Bonchev–Trinajstić information content (AvgIpc) is 3.57. The summed E-state index contributed by atoms with van der Waals surface area (Å²) in [6.45, 7) is 2.10. The zero-order chi connectivity index (χ0) is 22.1. The number of thioether (sulfide) groups is 1. The first-order valence-corrected chi connectivity index (χ1v) is 12.6. The van der Waals surface area contributed by atoms with Crippen LogP contribution in [0.4, 0.5) is 5.69 Å². The molecule has 5 rings (SSSR count). The molecule has 32 heavy (non-hydrogen) atoms. The Kier molecular flexibility index (Phi) is 5.85. The summed E-state index contributed by atoms with van der Waals surface area (Å²) in [5.74, 6) is 0.519. The summed E-state index contributed by atoms with van der Waals surface area (Å²) in [4.78, 5) is 31.7. The van der Waals surface area contributed by atoms with Crippen LogP contribution in [0.3, 0.4) is 0 Å². The molecule has 0 aliphatic heterocycles. The molecule has 0 radical (unpaired) electrons. The van der Waals surface area contributed by atoms with Gasteiger partial charge in [-0.15, -0.1) is 11.3 Å². The van der Waals surface area contributed by atoms with Crippen molar-refractivity contribution in [3.05, 3.63) is 81.5 Å². The highest BCUT2D eigenvalue weighted by atomic mass is 32.2. The van der Waals surface area contributed by atoms with Crippen LogP contribution in [-0.4, -0.2) is 21.2 Å². The van der Waals surface area contributed by atoms with Crippen LogP contribution in [0.5, 0.6) is 0 Å². The number of nitrogens with one attached hydrogen (secondary N) is 1. The Morgan fingerprint density at radius 3 is 2.59 bits per heavy atom. The van der Waals surface area contributed by atoms with Gasteiger partial charge in [-0.1, -0.05) is 49.0 Å². The molecule has 0 saturated heterocycles. The van der Waals surface area contributed by atoms with Crippen molar-refractivity contribution in [3.8, 4) is 5.69 Å². The molecular weight excluding hydrogens is 438 g/mol. The summed E-state index contributed by atoms with van der Waals surface area (Å²) < 4.78 is 1.65. The number of nitrogens with zero attached hydrogens (tertiary/aromatic N) is 2. The van der Waals surface area contributed by atoms with Crippen molar-refractivity contribution in [2.24, 2.45) is 0 Å². The Morgan fingerprint density at radius 2 is 1.91 bits per heavy atom. The molecule has 162 valence electrons. The highest BCUT2D eigenvalue weighted by Crippen LogP contribution is 2.44. The van der Waals surface area contributed by atoms with Gasteiger partial charge in [0.25, 0.3) is 5.56 Å². The van der Waals surface area contributed by atoms with E-state index < -0.39 is 0 Å². The lowest BCUT2D eigenvalue weighted by atomic mass is 10.1. The summed E-state index contributed by atoms with van der Waals surface area (Å²) in [5, 5.41) is 6.27. The standard InChI is InChI=1S/C25H23N3O2S2/c1-2-16-8-12-18(13-9-16)26-21(29)15-32-25-27-23-22(20(14-31-23)17-10-11-17)24(30)28(25)19-6-4-3-5-7-19/h3-9,12-14,17H,2,10-11,15H2,1H3,(H,26,29). The monoisotopic (exact) mass is 461 g/mol. The zero-order valence-electron chi connectivity index (χ0n) is 17.7. The van der Waals surface area contributed by atoms with E-state index in [1.54, 1.807) is 4.57 Å². The number of carbonyl (C=O) groups is 1. The third-order valence-electron chi connectivity index (χ3n) is 5.62. The molecule has 7 heteroatoms. The molecule has 1 saturated carbocycles. The number of benzene rings is 2. The number of aryl methyl sites for hydroxylation is 1. The van der Waals surface area contributed by atoms with Gasteiger partial charge in [-0.05, 0) is 66.0 Å². The fraction of sp³-hybridized carbons (Fsp3) is 0.240. The minimum absolute atomic E-state index is 0.0533. The van der Waals surface area contributed by atoms with Gasteiger partial charge in [0.15, 0.2) is 5.16 Å². The number of rotatable bonds is 7. The molecule has 1 amide bonds. The van der Waals surface area contributed by atoms with E-state index in [2.05, 4.69) is 17.6 Å². The lowest BCUT2D eigenvalue weighted by Crippen LogP contribution is -2.23. The Bertz CT molecular complexity index is 1320. The van der Waals surface area contributed by atoms with E-state index in [-0.39, 0.29) is 17.2 Å². The van der Waals surface area contributed by atoms with Crippen LogP contribution in [0.2, 0.25) is 0 Å². The molecule has 5 nitrogen and oxygen atoms in total. The highest BCUT2D eigenvalue weighted by Gasteiger charge is 2.29. The van der Waals surface area contributed by atoms with Gasteiger partial charge < -0.3 is 5.32 Å². The second-order valence-electron chi connectivity index (χ2n) is 7.90. The maximum Gasteiger partial charge on any atom is 0.267 e. The van der Waals surface area contributed by atoms with E-state index in [0.717, 1.165) is 46.4 Å². The van der Waals surface area contributed by atoms with Gasteiger partial charge in [0, 0.05) is 5.69 Å². The first kappa shape index (κ1) is 21.0. The van der Waals surface area contributed by atoms with E-state index in [1.807, 2.05) is 54.6 Å². The third-order valence-corrected chi connectivity index (χ3v) is 7.44. The number of para-hydroxylation sites is 1. The third kappa shape index (κ3) is 4.23. The molecule has 0 bridgehead atoms. The normalized spacial score (nSPS) is 13.4. The number of aromatic nitrogens is 2. The van der Waals surface area contributed by atoms with Gasteiger partial charge in [-0.3, -0.25) is 14.2 Å². The minimum atomic E-state index is -0.127. The van der Waals surface area contributed by atoms with Gasteiger partial charge in [-0.25, -0.2) is 4.98 Å². The molecule has 0 spiro atoms. The Labute approximate surface area is 194 Å². The smallest absolute Gasteiger partial charge is 0.267 e. The lowest BCUT2D eigenvalue weighted by molar-refractivity contribution is -0.113. The highest BCUT2D eigenvalue weighted by molar-refractivity contribution is 7.99. The van der Waals surface area contributed by atoms with E-state index >= 15 is 0 Å². The molecule has 1 aliphatic rings. The number of thiophene rings is 1. The van der Waals surface area contributed by atoms with Crippen LogP contribution in [0.1, 0.15) is 36.8 Å². The van der Waals surface area contributed by atoms with Gasteiger partial charge in [0.2, 0.25) is 5.91 Å². The summed E-state index contributed by atoms with van der Waals surface area (Å²) in [6.07, 6.45) is 3.22. The van der Waals surface area contributed by atoms with Crippen molar-refractivity contribution in [3.63, 3.8) is 0 Å². The molecule has 1 fully saturated rings. The second kappa shape index (κ2) is 8.92. The number of fused-ring (bicyclic) bond motifs is 1. The molecule has 1 aliphatic carbocycles. The number of hydrogen-bond donors (Lipinski definition) is 1. The summed E-state index contributed by atoms with van der Waals surface area (Å²) >= 11 is 2.80. The molecule has 1 N–H and O–H groups in total. The first-order chi connectivity index (χ1) is 15.6. The average molecular weight is 462 g/mol. The predicted octanol–water partition coefficient (Wildman–Crippen LogP) is 5.62. The molecule has 2 heterocycles. The topological polar surface area (TPSA) is 64.0 Å². The summed E-state index contributed by atoms with van der Waals surface area (Å²) in [5.41, 5.74) is 3.82. The van der Waals surface area contributed by atoms with E-state index in [4.69, 9.17) is 4.98 Å². The van der Waals surface area contributed by atoms with Crippen LogP contribution < -0.4 is 10.9 Å². The Balaban J connectivity index is 1.44. The van der Waals surface area contributed by atoms with Crippen molar-refractivity contribution in [2.45, 2.75) is 37.3 Å². The van der Waals surface area contributed by atoms with E-state index in [9.17, 15) is 9.59 Å². The largest absolute Gasteiger partial charge is 0.325 e. The van der Waals surface area contributed by atoms with Gasteiger partial charge in [0.05, 0.1) is 16.8 Å². The zero-order valence-corrected chi connectivity index (χ0v) is 19.3. The molecule has 2 aromatic heterocycles. The summed E-state index contributed by atoms with van der Waals surface area (Å²) in [6, 6.07) is 17.4. The van der Waals surface area contributed by atoms with E-state index in [1.165, 1.54) is 28.7 Å². The van der Waals surface area contributed by atoms with Crippen molar-refractivity contribution in [1.82, 2.24) is 9.55 Å². The molecule has 0 unspecified atom stereocenters. The van der Waals surface area contributed by atoms with E-state index in [0.29, 0.717) is 11.1 Å². The molecule has 4 aromatic rings. The number of anilines is 1. The number of amides is 1. The fourth-order valence-corrected chi connectivity index (χ4v) is 5.62. The lowest BCUT2D eigenvalue weighted by Gasteiger charge is -2.12. The SMILES string of the molecule is CCc1ccc(NC(=O)CSc2nc3scc(C4CC4)c3c(=O)n2-c2ccccc2)cc1. The number of hydrogen-bond acceptors (Lipinski definition) is 5. The van der Waals surface area contributed by atoms with Crippen LogP contribution in [0.15, 0.2) is 69.9 Å². The van der Waals surface area contributed by atoms with Crippen LogP contribution in [-0.2, 0) is 11.2 Å². The Morgan fingerprint density at radius 1 is 1.16 bits per heavy atom. The fourth-order valence-electron chi connectivity index (χ4n) is 3.74. The van der Waals surface area contributed by atoms with Crippen molar-refractivity contribution < 1.29 is 4.79 Å². The maximum absolute atomic E-state index is 13.6. The number of carbonyl (C=O) groups excluding carboxylic acids is 1. The molecule has 2 aromatic carbocycles. The first-order valence-electron chi connectivity index (χ1n) is 10.7. The van der Waals surface area contributed by atoms with Crippen LogP contribution in [0, 0.1) is 0 Å². The summed E-state index contributed by atoms with van der Waals surface area (Å²) in [7, 11) is 0. The van der Waals surface area contributed by atoms with Crippen molar-refractivity contribution >= 4 is 44.9 Å². The second-order valence-corrected chi connectivity index (χ2v) is 9.70. The minimum Gasteiger partial charge on any atom is -0.325 e. The maximum atomic E-state index is 13.6. The Hall–Kier alpha value is -2.90. The quantitative estimate of drug-likeness (QED) is 0.287. The molecule has 0 atom stereocenters. The predicted molar refractivity (Wildman–Crippen MR) is 132 cm³/mol. The van der Waals surface area contributed by atoms with Gasteiger partial charge in [0.1, 0.15) is 4.83 Å². The van der Waals surface area contributed by atoms with Crippen molar-refractivity contribution in [2.75, 3.05) is 11.1 Å². The van der Waals surface area contributed by atoms with Crippen molar-refractivity contribution in [1.29, 1.82) is 0 Å². The van der Waals surface area contributed by atoms with Gasteiger partial charge in [-0.2, -0.15) is 0 Å². The molecular formula is C25H23N3O2S2.